The van der Waals surface area contributed by atoms with E-state index >= 15 is 0 Å². The number of carboxylic acids is 1. The fourth-order valence-electron chi connectivity index (χ4n) is 6.20. The number of nitrogens with zero attached hydrogens (tertiary/aromatic N) is 1. The van der Waals surface area contributed by atoms with Crippen molar-refractivity contribution in [2.45, 2.75) is 76.7 Å². The molecule has 0 amide bonds. The second kappa shape index (κ2) is 15.8. The average Bonchev–Trinajstić information content (AvgIpc) is 3.49. The van der Waals surface area contributed by atoms with Crippen LogP contribution in [0.25, 0.3) is 16.8 Å². The minimum Gasteiger partial charge on any atom is -0.478 e. The van der Waals surface area contributed by atoms with Crippen molar-refractivity contribution in [2.75, 3.05) is 11.9 Å². The van der Waals surface area contributed by atoms with E-state index in [0.717, 1.165) is 41.3 Å². The predicted octanol–water partition coefficient (Wildman–Crippen LogP) is 6.54. The van der Waals surface area contributed by atoms with Crippen molar-refractivity contribution in [3.05, 3.63) is 83.1 Å². The molecule has 0 unspecified atom stereocenters. The Kier molecular flexibility index (Phi) is 11.6. The number of rotatable bonds is 17. The molecule has 0 saturated heterocycles. The van der Waals surface area contributed by atoms with Crippen LogP contribution in [-0.2, 0) is 16.0 Å². The maximum absolute atomic E-state index is 11.9. The summed E-state index contributed by atoms with van der Waals surface area (Å²) in [5, 5.41) is 15.5. The van der Waals surface area contributed by atoms with Crippen LogP contribution in [0.3, 0.4) is 0 Å². The number of aliphatic carboxylic acids is 1. The zero-order chi connectivity index (χ0) is 30.6. The first-order valence-electron chi connectivity index (χ1n) is 15.4. The SMILES string of the molecule is CCCCCCCC[C@@H]1c2cc3cc(CC=O)ccc3cc2C=C[C@H]1C[C@@H](Nc1ccc[nH]1)/C(=C/C(=O)O)CN=C(N)N. The van der Waals surface area contributed by atoms with Gasteiger partial charge in [-0.05, 0) is 75.9 Å². The number of carboxylic acid groups (broad SMARTS) is 1. The summed E-state index contributed by atoms with van der Waals surface area (Å²) in [5.41, 5.74) is 15.4. The fraction of sp³-hybridized carbons (Fsp3) is 0.400. The molecule has 43 heavy (non-hydrogen) atoms. The van der Waals surface area contributed by atoms with Crippen molar-refractivity contribution < 1.29 is 14.7 Å². The first kappa shape index (κ1) is 31.6. The third-order valence-corrected chi connectivity index (χ3v) is 8.37. The summed E-state index contributed by atoms with van der Waals surface area (Å²) in [6.45, 7) is 2.32. The van der Waals surface area contributed by atoms with E-state index in [-0.39, 0.29) is 30.4 Å². The van der Waals surface area contributed by atoms with E-state index in [0.29, 0.717) is 18.4 Å². The summed E-state index contributed by atoms with van der Waals surface area (Å²) in [6.07, 6.45) is 17.9. The molecule has 0 fully saturated rings. The Morgan fingerprint density at radius 3 is 2.63 bits per heavy atom. The quantitative estimate of drug-likeness (QED) is 0.0401. The number of hydrogen-bond acceptors (Lipinski definition) is 4. The average molecular weight is 584 g/mol. The Balaban J connectivity index is 1.69. The topological polar surface area (TPSA) is 147 Å². The molecule has 0 aliphatic heterocycles. The lowest BCUT2D eigenvalue weighted by Gasteiger charge is -2.34. The Labute approximate surface area is 254 Å². The van der Waals surface area contributed by atoms with E-state index in [1.165, 1.54) is 49.3 Å². The van der Waals surface area contributed by atoms with Gasteiger partial charge in [0, 0.05) is 18.7 Å². The van der Waals surface area contributed by atoms with Crippen LogP contribution in [0.2, 0.25) is 0 Å². The molecule has 1 aliphatic carbocycles. The molecule has 3 atom stereocenters. The molecular weight excluding hydrogens is 538 g/mol. The number of unbranched alkanes of at least 4 members (excludes halogenated alkanes) is 5. The van der Waals surface area contributed by atoms with Gasteiger partial charge in [0.2, 0.25) is 0 Å². The van der Waals surface area contributed by atoms with Crippen molar-refractivity contribution in [3.63, 3.8) is 0 Å². The summed E-state index contributed by atoms with van der Waals surface area (Å²) in [5.74, 6) is 0.0929. The van der Waals surface area contributed by atoms with Crippen LogP contribution in [0.4, 0.5) is 5.82 Å². The van der Waals surface area contributed by atoms with Gasteiger partial charge in [-0.2, -0.15) is 0 Å². The van der Waals surface area contributed by atoms with Crippen LogP contribution in [0.1, 0.15) is 80.9 Å². The highest BCUT2D eigenvalue weighted by atomic mass is 16.4. The molecule has 7 N–H and O–H groups in total. The van der Waals surface area contributed by atoms with Gasteiger partial charge in [0.25, 0.3) is 0 Å². The van der Waals surface area contributed by atoms with Crippen LogP contribution < -0.4 is 16.8 Å². The van der Waals surface area contributed by atoms with Gasteiger partial charge in [0.1, 0.15) is 12.1 Å². The maximum atomic E-state index is 11.9. The molecule has 1 heterocycles. The number of hydrogen-bond donors (Lipinski definition) is 5. The van der Waals surface area contributed by atoms with E-state index < -0.39 is 5.97 Å². The highest BCUT2D eigenvalue weighted by Crippen LogP contribution is 2.42. The normalized spacial score (nSPS) is 16.9. The number of allylic oxidation sites excluding steroid dienone is 1. The molecule has 228 valence electrons. The highest BCUT2D eigenvalue weighted by Gasteiger charge is 2.30. The minimum absolute atomic E-state index is 0.0804. The van der Waals surface area contributed by atoms with Crippen molar-refractivity contribution in [3.8, 4) is 0 Å². The summed E-state index contributed by atoms with van der Waals surface area (Å²) >= 11 is 0. The standard InChI is InChI=1S/C35H45N5O3/c1-2-3-4-5-6-7-9-30-27(14-13-26-19-25-12-11-24(15-17-41)18-28(25)20-31(26)30)21-32(40-33-10-8-16-38-33)29(22-34(42)43)23-39-35(36)37/h8,10-14,16-20,22,27,30,32,38,40H,2-7,9,15,21,23H2,1H3,(H,42,43)(H4,36,37,39)/b29-22+/t27-,30-,32+/m0/s1. The molecule has 2 aromatic carbocycles. The highest BCUT2D eigenvalue weighted by molar-refractivity contribution is 5.88. The van der Waals surface area contributed by atoms with Gasteiger partial charge in [-0.3, -0.25) is 0 Å². The predicted molar refractivity (Wildman–Crippen MR) is 176 cm³/mol. The number of nitrogens with two attached hydrogens (primary N) is 2. The summed E-state index contributed by atoms with van der Waals surface area (Å²) in [4.78, 5) is 30.4. The lowest BCUT2D eigenvalue weighted by molar-refractivity contribution is -0.131. The van der Waals surface area contributed by atoms with E-state index in [4.69, 9.17) is 11.5 Å². The van der Waals surface area contributed by atoms with Gasteiger partial charge in [-0.1, -0.05) is 81.9 Å². The number of aliphatic imine (C=N–C) groups is 1. The van der Waals surface area contributed by atoms with Crippen LogP contribution in [0.5, 0.6) is 0 Å². The smallest absolute Gasteiger partial charge is 0.328 e. The number of benzene rings is 2. The number of H-pyrrole nitrogens is 1. The van der Waals surface area contributed by atoms with Crippen LogP contribution in [0, 0.1) is 5.92 Å². The molecule has 0 bridgehead atoms. The summed E-state index contributed by atoms with van der Waals surface area (Å²) in [6, 6.07) is 14.3. The van der Waals surface area contributed by atoms with E-state index in [9.17, 15) is 14.7 Å². The maximum Gasteiger partial charge on any atom is 0.328 e. The number of nitrogens with one attached hydrogen (secondary N) is 2. The first-order chi connectivity index (χ1) is 20.9. The molecule has 8 nitrogen and oxygen atoms in total. The molecule has 8 heteroatoms. The number of carbonyl (C=O) groups excluding carboxylic acids is 1. The fourth-order valence-corrected chi connectivity index (χ4v) is 6.20. The van der Waals surface area contributed by atoms with Crippen LogP contribution in [0.15, 0.2) is 71.4 Å². The second-order valence-electron chi connectivity index (χ2n) is 11.5. The van der Waals surface area contributed by atoms with Crippen LogP contribution in [-0.4, -0.2) is 40.9 Å². The zero-order valence-corrected chi connectivity index (χ0v) is 25.1. The van der Waals surface area contributed by atoms with Crippen molar-refractivity contribution in [2.24, 2.45) is 22.4 Å². The van der Waals surface area contributed by atoms with Gasteiger partial charge >= 0.3 is 5.97 Å². The van der Waals surface area contributed by atoms with Gasteiger partial charge in [-0.15, -0.1) is 0 Å². The molecule has 0 radical (unpaired) electrons. The molecule has 4 rings (SSSR count). The lowest BCUT2D eigenvalue weighted by atomic mass is 9.73. The molecule has 0 spiro atoms. The molecule has 1 aromatic heterocycles. The Morgan fingerprint density at radius 2 is 1.91 bits per heavy atom. The number of fused-ring (bicyclic) bond motifs is 2. The molecule has 3 aromatic rings. The first-order valence-corrected chi connectivity index (χ1v) is 15.4. The number of anilines is 1. The summed E-state index contributed by atoms with van der Waals surface area (Å²) < 4.78 is 0. The van der Waals surface area contributed by atoms with E-state index in [1.54, 1.807) is 0 Å². The third kappa shape index (κ3) is 9.08. The Morgan fingerprint density at radius 1 is 1.09 bits per heavy atom. The van der Waals surface area contributed by atoms with Crippen molar-refractivity contribution in [1.29, 1.82) is 0 Å². The number of aromatic nitrogens is 1. The minimum atomic E-state index is -1.04. The third-order valence-electron chi connectivity index (χ3n) is 8.37. The number of aromatic amines is 1. The lowest BCUT2D eigenvalue weighted by Crippen LogP contribution is -2.31. The van der Waals surface area contributed by atoms with Gasteiger partial charge in [-0.25, -0.2) is 9.79 Å². The van der Waals surface area contributed by atoms with E-state index in [1.807, 2.05) is 24.4 Å². The van der Waals surface area contributed by atoms with Gasteiger partial charge < -0.3 is 31.7 Å². The largest absolute Gasteiger partial charge is 0.478 e. The summed E-state index contributed by atoms with van der Waals surface area (Å²) in [7, 11) is 0. The van der Waals surface area contributed by atoms with Gasteiger partial charge in [0.15, 0.2) is 5.96 Å². The monoisotopic (exact) mass is 583 g/mol. The number of aldehydes is 1. The molecule has 0 saturated carbocycles. The van der Waals surface area contributed by atoms with Crippen LogP contribution >= 0.6 is 0 Å². The second-order valence-corrected chi connectivity index (χ2v) is 11.5. The number of carbonyl (C=O) groups is 2. The van der Waals surface area contributed by atoms with Crippen molar-refractivity contribution >= 4 is 40.9 Å². The van der Waals surface area contributed by atoms with Crippen molar-refractivity contribution in [1.82, 2.24) is 4.98 Å². The Hall–Kier alpha value is -4.33. The number of guanidine groups is 1. The Bertz CT molecular complexity index is 1450. The zero-order valence-electron chi connectivity index (χ0n) is 25.1. The molecular formula is C35H45N5O3. The molecule has 1 aliphatic rings. The van der Waals surface area contributed by atoms with Gasteiger partial charge in [0.05, 0.1) is 12.6 Å². The van der Waals surface area contributed by atoms with E-state index in [2.05, 4.69) is 58.6 Å².